The second-order valence-electron chi connectivity index (χ2n) is 6.31. The average Bonchev–Trinajstić information content (AvgIpc) is 2.73. The average molecular weight is 644 g/mol. The first-order chi connectivity index (χ1) is 14.8. The molecule has 0 aromatic heterocycles. The molecule has 0 heterocycles. The third kappa shape index (κ3) is 6.47. The standard InChI is InChI=1S/C22H15FI2N2O4/c23-17-3-1-2-16(10-17)21(28)27-26-11-14-8-18(24)20(19(25)9-14)31-12-13-4-6-15(7-5-13)22(29)30/h1-11H,12H2,(H,27,28)(H,29,30)/b26-11-. The van der Waals surface area contributed by atoms with Crippen LogP contribution < -0.4 is 10.2 Å². The Morgan fingerprint density at radius 2 is 1.71 bits per heavy atom. The molecule has 0 unspecified atom stereocenters. The number of carbonyl (C=O) groups is 2. The third-order valence-corrected chi connectivity index (χ3v) is 5.67. The number of hydrogen-bond donors (Lipinski definition) is 2. The van der Waals surface area contributed by atoms with E-state index in [0.29, 0.717) is 12.4 Å². The molecule has 0 saturated heterocycles. The lowest BCUT2D eigenvalue weighted by Gasteiger charge is -2.11. The molecule has 2 N–H and O–H groups in total. The van der Waals surface area contributed by atoms with Gasteiger partial charge in [0.25, 0.3) is 5.91 Å². The fraction of sp³-hybridized carbons (Fsp3) is 0.0455. The molecule has 3 aromatic rings. The number of nitrogens with zero attached hydrogens (tertiary/aromatic N) is 1. The number of rotatable bonds is 7. The van der Waals surface area contributed by atoms with Gasteiger partial charge in [0.15, 0.2) is 0 Å². The summed E-state index contributed by atoms with van der Waals surface area (Å²) >= 11 is 4.30. The zero-order valence-electron chi connectivity index (χ0n) is 15.8. The Morgan fingerprint density at radius 3 is 2.32 bits per heavy atom. The molecular weight excluding hydrogens is 629 g/mol. The molecule has 3 rings (SSSR count). The Balaban J connectivity index is 1.63. The van der Waals surface area contributed by atoms with Crippen molar-refractivity contribution < 1.29 is 23.8 Å². The second-order valence-corrected chi connectivity index (χ2v) is 8.64. The molecule has 0 saturated carbocycles. The van der Waals surface area contributed by atoms with Crippen LogP contribution in [0.25, 0.3) is 0 Å². The van der Waals surface area contributed by atoms with Gasteiger partial charge in [-0.3, -0.25) is 4.79 Å². The van der Waals surface area contributed by atoms with Crippen LogP contribution in [0.5, 0.6) is 5.75 Å². The number of carboxylic acids is 1. The van der Waals surface area contributed by atoms with Crippen molar-refractivity contribution in [1.29, 1.82) is 0 Å². The molecule has 158 valence electrons. The smallest absolute Gasteiger partial charge is 0.335 e. The molecule has 0 aliphatic rings. The molecule has 0 bridgehead atoms. The minimum absolute atomic E-state index is 0.182. The van der Waals surface area contributed by atoms with E-state index in [1.165, 1.54) is 36.5 Å². The highest BCUT2D eigenvalue weighted by molar-refractivity contribution is 14.1. The summed E-state index contributed by atoms with van der Waals surface area (Å²) in [4.78, 5) is 22.9. The highest BCUT2D eigenvalue weighted by Gasteiger charge is 2.10. The normalized spacial score (nSPS) is 10.8. The topological polar surface area (TPSA) is 88.0 Å². The maximum atomic E-state index is 13.2. The number of aromatic carboxylic acids is 1. The Hall–Kier alpha value is -2.54. The molecule has 0 atom stereocenters. The second kappa shape index (κ2) is 10.7. The molecule has 9 heteroatoms. The van der Waals surface area contributed by atoms with Crippen molar-refractivity contribution in [2.24, 2.45) is 5.10 Å². The summed E-state index contributed by atoms with van der Waals surface area (Å²) in [5.74, 6) is -1.27. The van der Waals surface area contributed by atoms with Gasteiger partial charge in [-0.05, 0) is 98.8 Å². The molecule has 1 amide bonds. The highest BCUT2D eigenvalue weighted by atomic mass is 127. The van der Waals surface area contributed by atoms with E-state index >= 15 is 0 Å². The summed E-state index contributed by atoms with van der Waals surface area (Å²) in [6.07, 6.45) is 1.50. The van der Waals surface area contributed by atoms with Crippen LogP contribution in [0.2, 0.25) is 0 Å². The maximum Gasteiger partial charge on any atom is 0.335 e. The van der Waals surface area contributed by atoms with Crippen LogP contribution in [-0.4, -0.2) is 23.2 Å². The lowest BCUT2D eigenvalue weighted by molar-refractivity contribution is 0.0696. The van der Waals surface area contributed by atoms with Crippen LogP contribution >= 0.6 is 45.2 Å². The summed E-state index contributed by atoms with van der Waals surface area (Å²) in [5, 5.41) is 12.9. The van der Waals surface area contributed by atoms with Crippen LogP contribution in [0, 0.1) is 13.0 Å². The molecule has 0 radical (unpaired) electrons. The molecule has 0 aliphatic heterocycles. The van der Waals surface area contributed by atoms with E-state index in [1.807, 2.05) is 12.1 Å². The number of ether oxygens (including phenoxy) is 1. The van der Waals surface area contributed by atoms with Crippen molar-refractivity contribution in [2.45, 2.75) is 6.61 Å². The van der Waals surface area contributed by atoms with Gasteiger partial charge in [-0.2, -0.15) is 5.10 Å². The van der Waals surface area contributed by atoms with Crippen LogP contribution in [0.4, 0.5) is 4.39 Å². The van der Waals surface area contributed by atoms with Crippen molar-refractivity contribution in [2.75, 3.05) is 0 Å². The first kappa shape index (κ1) is 23.1. The first-order valence-electron chi connectivity index (χ1n) is 8.86. The molecular formula is C22H15FI2N2O4. The number of nitrogens with one attached hydrogen (secondary N) is 1. The van der Waals surface area contributed by atoms with E-state index in [9.17, 15) is 14.0 Å². The van der Waals surface area contributed by atoms with Gasteiger partial charge >= 0.3 is 5.97 Å². The number of hydrazone groups is 1. The van der Waals surface area contributed by atoms with Crippen LogP contribution in [0.15, 0.2) is 65.8 Å². The number of carbonyl (C=O) groups excluding carboxylic acids is 1. The monoisotopic (exact) mass is 644 g/mol. The Labute approximate surface area is 204 Å². The lowest BCUT2D eigenvalue weighted by atomic mass is 10.1. The number of benzene rings is 3. The quantitative estimate of drug-likeness (QED) is 0.214. The zero-order valence-corrected chi connectivity index (χ0v) is 20.1. The van der Waals surface area contributed by atoms with Crippen LogP contribution in [0.1, 0.15) is 31.8 Å². The predicted molar refractivity (Wildman–Crippen MR) is 131 cm³/mol. The number of carboxylic acid groups (broad SMARTS) is 1. The Bertz CT molecular complexity index is 1130. The predicted octanol–water partition coefficient (Wildman–Crippen LogP) is 5.08. The molecule has 6 nitrogen and oxygen atoms in total. The van der Waals surface area contributed by atoms with E-state index in [2.05, 4.69) is 55.7 Å². The van der Waals surface area contributed by atoms with E-state index < -0.39 is 17.7 Å². The van der Waals surface area contributed by atoms with Crippen LogP contribution in [-0.2, 0) is 6.61 Å². The molecule has 0 spiro atoms. The summed E-state index contributed by atoms with van der Waals surface area (Å²) in [6.45, 7) is 0.295. The van der Waals surface area contributed by atoms with Gasteiger partial charge < -0.3 is 9.84 Å². The van der Waals surface area contributed by atoms with E-state index in [0.717, 1.165) is 24.3 Å². The van der Waals surface area contributed by atoms with Crippen molar-refractivity contribution >= 4 is 63.3 Å². The third-order valence-electron chi connectivity index (χ3n) is 4.07. The van der Waals surface area contributed by atoms with E-state index in [1.54, 1.807) is 12.1 Å². The van der Waals surface area contributed by atoms with Gasteiger partial charge in [-0.15, -0.1) is 0 Å². The summed E-state index contributed by atoms with van der Waals surface area (Å²) < 4.78 is 20.8. The summed E-state index contributed by atoms with van der Waals surface area (Å²) in [6, 6.07) is 15.6. The Morgan fingerprint density at radius 1 is 1.03 bits per heavy atom. The van der Waals surface area contributed by atoms with Gasteiger partial charge in [0, 0.05) is 5.56 Å². The van der Waals surface area contributed by atoms with Crippen molar-refractivity contribution in [1.82, 2.24) is 5.43 Å². The summed E-state index contributed by atoms with van der Waals surface area (Å²) in [5.41, 5.74) is 4.38. The first-order valence-corrected chi connectivity index (χ1v) is 11.0. The minimum Gasteiger partial charge on any atom is -0.487 e. The number of amides is 1. The van der Waals surface area contributed by atoms with Gasteiger partial charge in [-0.1, -0.05) is 18.2 Å². The molecule has 0 fully saturated rings. The van der Waals surface area contributed by atoms with Crippen LogP contribution in [0.3, 0.4) is 0 Å². The maximum absolute atomic E-state index is 13.2. The highest BCUT2D eigenvalue weighted by Crippen LogP contribution is 2.29. The zero-order chi connectivity index (χ0) is 22.4. The van der Waals surface area contributed by atoms with Gasteiger partial charge in [0.2, 0.25) is 0 Å². The molecule has 0 aliphatic carbocycles. The van der Waals surface area contributed by atoms with Gasteiger partial charge in [-0.25, -0.2) is 14.6 Å². The minimum atomic E-state index is -0.971. The number of hydrogen-bond acceptors (Lipinski definition) is 4. The number of halogens is 3. The van der Waals surface area contributed by atoms with Gasteiger partial charge in [0.05, 0.1) is 18.9 Å². The fourth-order valence-corrected chi connectivity index (χ4v) is 4.68. The van der Waals surface area contributed by atoms with Crippen molar-refractivity contribution in [3.05, 3.63) is 95.9 Å². The largest absolute Gasteiger partial charge is 0.487 e. The van der Waals surface area contributed by atoms with Crippen molar-refractivity contribution in [3.8, 4) is 5.75 Å². The fourth-order valence-electron chi connectivity index (χ4n) is 2.55. The SMILES string of the molecule is O=C(O)c1ccc(COc2c(I)cc(/C=N\NC(=O)c3cccc(F)c3)cc2I)cc1. The van der Waals surface area contributed by atoms with Crippen molar-refractivity contribution in [3.63, 3.8) is 0 Å². The van der Waals surface area contributed by atoms with E-state index in [4.69, 9.17) is 9.84 Å². The summed E-state index contributed by atoms with van der Waals surface area (Å²) in [7, 11) is 0. The van der Waals surface area contributed by atoms with Gasteiger partial charge in [0.1, 0.15) is 18.2 Å². The Kier molecular flexibility index (Phi) is 7.96. The molecule has 31 heavy (non-hydrogen) atoms. The lowest BCUT2D eigenvalue weighted by Crippen LogP contribution is -2.17. The molecule has 3 aromatic carbocycles. The van der Waals surface area contributed by atoms with E-state index in [-0.39, 0.29) is 11.1 Å².